The first-order valence-corrected chi connectivity index (χ1v) is 12.2. The second kappa shape index (κ2) is 7.94. The summed E-state index contributed by atoms with van der Waals surface area (Å²) in [4.78, 5) is 30.2. The van der Waals surface area contributed by atoms with Crippen LogP contribution in [-0.2, 0) is 9.59 Å². The lowest BCUT2D eigenvalue weighted by atomic mass is 9.45. The smallest absolute Gasteiger partial charge is 0.240 e. The summed E-state index contributed by atoms with van der Waals surface area (Å²) in [6, 6.07) is 0. The SMILES string of the molecule is [C-]#[N+][C@@]12CCC(=C)[C@H]3[C@H](CC(C)(C)NC(=O)CN4CCC4=O)C[C@H](C)[C@@H](CC[C@@H]1C)[C@@H]32. The molecule has 5 nitrogen and oxygen atoms in total. The van der Waals surface area contributed by atoms with Gasteiger partial charge in [-0.15, -0.1) is 0 Å². The Morgan fingerprint density at radius 3 is 2.68 bits per heavy atom. The summed E-state index contributed by atoms with van der Waals surface area (Å²) in [5.74, 6) is 2.93. The number of nitrogens with zero attached hydrogens (tertiary/aromatic N) is 2. The number of amides is 2. The molecule has 5 heteroatoms. The molecule has 4 fully saturated rings. The van der Waals surface area contributed by atoms with Gasteiger partial charge >= 0.3 is 0 Å². The molecule has 4 rings (SSSR count). The van der Waals surface area contributed by atoms with E-state index >= 15 is 0 Å². The molecule has 0 aromatic rings. The number of nitrogens with one attached hydrogen (secondary N) is 1. The zero-order valence-electron chi connectivity index (χ0n) is 19.7. The van der Waals surface area contributed by atoms with Gasteiger partial charge in [0, 0.05) is 36.8 Å². The fourth-order valence-corrected chi connectivity index (χ4v) is 7.68. The minimum absolute atomic E-state index is 0.0657. The van der Waals surface area contributed by atoms with Crippen LogP contribution in [-0.4, -0.2) is 40.9 Å². The van der Waals surface area contributed by atoms with Crippen LogP contribution in [0.2, 0.25) is 0 Å². The van der Waals surface area contributed by atoms with Gasteiger partial charge in [-0.2, -0.15) is 0 Å². The number of rotatable bonds is 5. The Hall–Kier alpha value is -1.83. The molecule has 1 heterocycles. The largest absolute Gasteiger partial charge is 0.350 e. The highest BCUT2D eigenvalue weighted by atomic mass is 16.2. The van der Waals surface area contributed by atoms with E-state index in [9.17, 15) is 9.59 Å². The molecular formula is C26H39N3O2. The summed E-state index contributed by atoms with van der Waals surface area (Å²) in [6.07, 6.45) is 6.96. The number of β-lactam (4-membered cyclic amide) rings is 1. The minimum atomic E-state index is -0.346. The van der Waals surface area contributed by atoms with Crippen LogP contribution in [0.1, 0.15) is 72.6 Å². The lowest BCUT2D eigenvalue weighted by Gasteiger charge is -2.58. The van der Waals surface area contributed by atoms with E-state index in [1.165, 1.54) is 18.4 Å². The first-order valence-electron chi connectivity index (χ1n) is 12.2. The summed E-state index contributed by atoms with van der Waals surface area (Å²) in [7, 11) is 0. The number of hydrogen-bond acceptors (Lipinski definition) is 2. The fourth-order valence-electron chi connectivity index (χ4n) is 7.68. The van der Waals surface area contributed by atoms with Crippen molar-refractivity contribution in [2.45, 2.75) is 83.7 Å². The molecule has 0 unspecified atom stereocenters. The molecule has 31 heavy (non-hydrogen) atoms. The van der Waals surface area contributed by atoms with Gasteiger partial charge in [0.1, 0.15) is 0 Å². The average Bonchev–Trinajstić information content (AvgIpc) is 2.70. The summed E-state index contributed by atoms with van der Waals surface area (Å²) in [5, 5.41) is 3.21. The molecule has 3 saturated carbocycles. The first-order chi connectivity index (χ1) is 14.6. The van der Waals surface area contributed by atoms with Crippen molar-refractivity contribution in [2.24, 2.45) is 35.5 Å². The van der Waals surface area contributed by atoms with Crippen LogP contribution in [0, 0.1) is 42.1 Å². The second-order valence-corrected chi connectivity index (χ2v) is 11.6. The standard InChI is InChI=1S/C26H39N3O2/c1-16-9-11-26(27-6)18(3)7-8-20-17(2)13-19(23(16)24(20)26)14-25(4,5)28-21(30)15-29-12-10-22(29)31/h17-20,23-24H,1,7-15H2,2-5H3,(H,28,30)/t17-,18-,19-,20+,23-,24-,26-/m0/s1. The quantitative estimate of drug-likeness (QED) is 0.402. The van der Waals surface area contributed by atoms with Crippen LogP contribution in [0.3, 0.4) is 0 Å². The zero-order chi connectivity index (χ0) is 22.6. The van der Waals surface area contributed by atoms with Crippen molar-refractivity contribution in [1.82, 2.24) is 10.2 Å². The Bertz CT molecular complexity index is 812. The van der Waals surface area contributed by atoms with Crippen molar-refractivity contribution in [2.75, 3.05) is 13.1 Å². The van der Waals surface area contributed by atoms with E-state index in [-0.39, 0.29) is 29.4 Å². The number of likely N-dealkylation sites (tertiary alicyclic amines) is 1. The van der Waals surface area contributed by atoms with Gasteiger partial charge in [-0.05, 0) is 69.6 Å². The first kappa shape index (κ1) is 22.4. The molecule has 2 amide bonds. The van der Waals surface area contributed by atoms with Crippen molar-refractivity contribution in [3.8, 4) is 0 Å². The number of carbonyl (C=O) groups is 2. The molecule has 170 valence electrons. The van der Waals surface area contributed by atoms with Crippen LogP contribution in [0.5, 0.6) is 0 Å². The van der Waals surface area contributed by atoms with Crippen molar-refractivity contribution >= 4 is 11.8 Å². The van der Waals surface area contributed by atoms with E-state index in [0.717, 1.165) is 25.7 Å². The molecule has 3 aliphatic carbocycles. The van der Waals surface area contributed by atoms with Gasteiger partial charge in [-0.25, -0.2) is 6.57 Å². The Labute approximate surface area is 187 Å². The number of hydrogen-bond donors (Lipinski definition) is 1. The van der Waals surface area contributed by atoms with E-state index in [0.29, 0.717) is 48.5 Å². The maximum absolute atomic E-state index is 12.6. The topological polar surface area (TPSA) is 53.8 Å². The highest BCUT2D eigenvalue weighted by Crippen LogP contribution is 2.62. The summed E-state index contributed by atoms with van der Waals surface area (Å²) >= 11 is 0. The van der Waals surface area contributed by atoms with Gasteiger partial charge in [0.15, 0.2) is 0 Å². The molecule has 0 aromatic heterocycles. The third-order valence-corrected chi connectivity index (χ3v) is 9.18. The highest BCUT2D eigenvalue weighted by molar-refractivity contribution is 5.88. The van der Waals surface area contributed by atoms with E-state index in [1.54, 1.807) is 4.90 Å². The van der Waals surface area contributed by atoms with E-state index in [1.807, 2.05) is 0 Å². The van der Waals surface area contributed by atoms with Gasteiger partial charge in [-0.1, -0.05) is 26.0 Å². The Kier molecular flexibility index (Phi) is 5.73. The molecule has 0 radical (unpaired) electrons. The molecule has 1 aliphatic heterocycles. The van der Waals surface area contributed by atoms with Gasteiger partial charge < -0.3 is 15.1 Å². The Balaban J connectivity index is 1.53. The summed E-state index contributed by atoms with van der Waals surface area (Å²) < 4.78 is 0. The van der Waals surface area contributed by atoms with Crippen LogP contribution in [0.4, 0.5) is 0 Å². The molecular weight excluding hydrogens is 386 g/mol. The van der Waals surface area contributed by atoms with Crippen LogP contribution >= 0.6 is 0 Å². The molecule has 0 aromatic carbocycles. The van der Waals surface area contributed by atoms with Crippen LogP contribution in [0.15, 0.2) is 12.2 Å². The van der Waals surface area contributed by atoms with E-state index < -0.39 is 0 Å². The normalized spacial score (nSPS) is 39.9. The summed E-state index contributed by atoms with van der Waals surface area (Å²) in [6.45, 7) is 22.5. The maximum Gasteiger partial charge on any atom is 0.240 e. The molecule has 1 saturated heterocycles. The highest BCUT2D eigenvalue weighted by Gasteiger charge is 2.64. The minimum Gasteiger partial charge on any atom is -0.350 e. The van der Waals surface area contributed by atoms with E-state index in [2.05, 4.69) is 44.4 Å². The molecule has 0 spiro atoms. The van der Waals surface area contributed by atoms with Crippen molar-refractivity contribution in [3.63, 3.8) is 0 Å². The Morgan fingerprint density at radius 2 is 2.06 bits per heavy atom. The fraction of sp³-hybridized carbons (Fsp3) is 0.808. The lowest BCUT2D eigenvalue weighted by molar-refractivity contribution is -0.144. The van der Waals surface area contributed by atoms with Crippen molar-refractivity contribution < 1.29 is 9.59 Å². The van der Waals surface area contributed by atoms with Gasteiger partial charge in [0.2, 0.25) is 17.4 Å². The molecule has 1 N–H and O–H groups in total. The van der Waals surface area contributed by atoms with Crippen molar-refractivity contribution in [1.29, 1.82) is 0 Å². The third-order valence-electron chi connectivity index (χ3n) is 9.18. The van der Waals surface area contributed by atoms with Gasteiger partial charge in [0.25, 0.3) is 0 Å². The zero-order valence-corrected chi connectivity index (χ0v) is 19.7. The predicted molar refractivity (Wildman–Crippen MR) is 122 cm³/mol. The number of carbonyl (C=O) groups excluding carboxylic acids is 2. The maximum atomic E-state index is 12.6. The number of allylic oxidation sites excluding steroid dienone is 1. The second-order valence-electron chi connectivity index (χ2n) is 11.6. The average molecular weight is 426 g/mol. The molecule has 7 atom stereocenters. The van der Waals surface area contributed by atoms with Crippen LogP contribution in [0.25, 0.3) is 4.85 Å². The Morgan fingerprint density at radius 1 is 1.32 bits per heavy atom. The molecule has 0 bridgehead atoms. The molecule has 4 aliphatic rings. The third kappa shape index (κ3) is 3.81. The van der Waals surface area contributed by atoms with E-state index in [4.69, 9.17) is 6.57 Å². The van der Waals surface area contributed by atoms with Crippen LogP contribution < -0.4 is 5.32 Å². The van der Waals surface area contributed by atoms with Gasteiger partial charge in [-0.3, -0.25) is 9.59 Å². The monoisotopic (exact) mass is 425 g/mol. The predicted octanol–water partition coefficient (Wildman–Crippen LogP) is 4.45. The van der Waals surface area contributed by atoms with Crippen molar-refractivity contribution in [3.05, 3.63) is 23.6 Å². The van der Waals surface area contributed by atoms with Gasteiger partial charge in [0.05, 0.1) is 6.54 Å². The summed E-state index contributed by atoms with van der Waals surface area (Å²) in [5.41, 5.74) is 0.766. The lowest BCUT2D eigenvalue weighted by Crippen LogP contribution is -2.60.